The van der Waals surface area contributed by atoms with Crippen molar-refractivity contribution in [1.82, 2.24) is 10.3 Å². The molecule has 2 aromatic heterocycles. The van der Waals surface area contributed by atoms with E-state index < -0.39 is 0 Å². The lowest BCUT2D eigenvalue weighted by Gasteiger charge is -2.06. The molecule has 4 nitrogen and oxygen atoms in total. The maximum absolute atomic E-state index is 11.5. The molecule has 0 unspecified atom stereocenters. The summed E-state index contributed by atoms with van der Waals surface area (Å²) >= 11 is 1.61. The molecule has 3 N–H and O–H groups in total. The summed E-state index contributed by atoms with van der Waals surface area (Å²) in [7, 11) is 1.60. The van der Waals surface area contributed by atoms with Crippen molar-refractivity contribution in [3.05, 3.63) is 65.7 Å². The zero-order valence-corrected chi connectivity index (χ0v) is 15.0. The number of rotatable bonds is 3. The number of nitrogens with one attached hydrogen (secondary N) is 1. The first-order valence-corrected chi connectivity index (χ1v) is 9.10. The van der Waals surface area contributed by atoms with E-state index in [2.05, 4.69) is 46.0 Å². The average Bonchev–Trinajstić information content (AvgIpc) is 3.13. The van der Waals surface area contributed by atoms with E-state index in [1.54, 1.807) is 30.7 Å². The minimum Gasteiger partial charge on any atom is -0.383 e. The van der Waals surface area contributed by atoms with Crippen LogP contribution < -0.4 is 11.1 Å². The van der Waals surface area contributed by atoms with Gasteiger partial charge in [0.25, 0.3) is 0 Å². The summed E-state index contributed by atoms with van der Waals surface area (Å²) in [6.07, 6.45) is 4.98. The van der Waals surface area contributed by atoms with E-state index in [0.29, 0.717) is 5.82 Å². The number of anilines is 1. The lowest BCUT2D eigenvalue weighted by molar-refractivity contribution is -0.115. The molecule has 0 saturated carbocycles. The Bertz CT molecular complexity index is 1160. The second-order valence-electron chi connectivity index (χ2n) is 5.96. The number of nitrogen functional groups attached to an aromatic ring is 1. The zero-order valence-electron chi connectivity index (χ0n) is 14.2. The summed E-state index contributed by atoms with van der Waals surface area (Å²) in [6, 6.07) is 14.7. The highest BCUT2D eigenvalue weighted by molar-refractivity contribution is 7.18. The Balaban J connectivity index is 1.88. The van der Waals surface area contributed by atoms with Crippen molar-refractivity contribution in [3.8, 4) is 11.1 Å². The third-order valence-corrected chi connectivity index (χ3v) is 5.40. The monoisotopic (exact) mass is 359 g/mol. The van der Waals surface area contributed by atoms with Gasteiger partial charge in [-0.15, -0.1) is 11.3 Å². The number of likely N-dealkylation sites (N-methyl/N-ethyl adjacent to an activating group) is 1. The van der Waals surface area contributed by atoms with Crippen LogP contribution in [0.15, 0.2) is 60.1 Å². The SMILES string of the molecule is CNC(=O)C=Cc1cnc(N)c2c(-c3ccc4ccccc4c3)csc12. The second-order valence-corrected chi connectivity index (χ2v) is 6.84. The smallest absolute Gasteiger partial charge is 0.243 e. The Hall–Kier alpha value is -3.18. The number of hydrogen-bond acceptors (Lipinski definition) is 4. The minimum absolute atomic E-state index is 0.152. The van der Waals surface area contributed by atoms with Gasteiger partial charge in [0.1, 0.15) is 5.82 Å². The topological polar surface area (TPSA) is 68.0 Å². The van der Waals surface area contributed by atoms with Gasteiger partial charge in [-0.25, -0.2) is 4.98 Å². The van der Waals surface area contributed by atoms with Crippen LogP contribution in [0.5, 0.6) is 0 Å². The minimum atomic E-state index is -0.152. The first-order valence-electron chi connectivity index (χ1n) is 8.22. The molecule has 2 aromatic carbocycles. The fourth-order valence-corrected chi connectivity index (χ4v) is 4.10. The molecule has 128 valence electrons. The third-order valence-electron chi connectivity index (χ3n) is 4.37. The number of benzene rings is 2. The molecule has 1 amide bonds. The molecule has 4 aromatic rings. The van der Waals surface area contributed by atoms with Crippen molar-refractivity contribution in [3.63, 3.8) is 0 Å². The molecule has 0 atom stereocenters. The first kappa shape index (κ1) is 16.3. The van der Waals surface area contributed by atoms with Gasteiger partial charge in [-0.1, -0.05) is 36.4 Å². The summed E-state index contributed by atoms with van der Waals surface area (Å²) in [5.41, 5.74) is 9.25. The van der Waals surface area contributed by atoms with Gasteiger partial charge < -0.3 is 11.1 Å². The number of carbonyl (C=O) groups is 1. The van der Waals surface area contributed by atoms with Gasteiger partial charge in [0.15, 0.2) is 0 Å². The molecule has 0 aliphatic rings. The maximum atomic E-state index is 11.5. The normalized spacial score (nSPS) is 11.4. The van der Waals surface area contributed by atoms with Crippen molar-refractivity contribution in [2.45, 2.75) is 0 Å². The van der Waals surface area contributed by atoms with Crippen LogP contribution in [0.3, 0.4) is 0 Å². The third kappa shape index (κ3) is 2.82. The van der Waals surface area contributed by atoms with Gasteiger partial charge in [0.2, 0.25) is 5.91 Å². The quantitative estimate of drug-likeness (QED) is 0.531. The molecule has 4 rings (SSSR count). The van der Waals surface area contributed by atoms with Gasteiger partial charge in [-0.3, -0.25) is 4.79 Å². The highest BCUT2D eigenvalue weighted by Gasteiger charge is 2.13. The number of fused-ring (bicyclic) bond motifs is 2. The van der Waals surface area contributed by atoms with E-state index in [-0.39, 0.29) is 5.91 Å². The fourth-order valence-electron chi connectivity index (χ4n) is 3.02. The summed E-state index contributed by atoms with van der Waals surface area (Å²) < 4.78 is 1.03. The van der Waals surface area contributed by atoms with Crippen LogP contribution in [0.4, 0.5) is 5.82 Å². The molecule has 0 saturated heterocycles. The standard InChI is InChI=1S/C21H17N3OS/c1-23-18(25)9-8-16-11-24-21(22)19-17(12-26-20(16)19)15-7-6-13-4-2-3-5-14(13)10-15/h2-12H,1H3,(H2,22,24)(H,23,25). The molecule has 26 heavy (non-hydrogen) atoms. The fraction of sp³-hybridized carbons (Fsp3) is 0.0476. The molecule has 0 fully saturated rings. The van der Waals surface area contributed by atoms with E-state index >= 15 is 0 Å². The molecule has 0 bridgehead atoms. The Morgan fingerprint density at radius 3 is 2.81 bits per heavy atom. The number of thiophene rings is 1. The van der Waals surface area contributed by atoms with E-state index in [4.69, 9.17) is 5.73 Å². The number of pyridine rings is 1. The second kappa shape index (κ2) is 6.61. The van der Waals surface area contributed by atoms with E-state index in [1.807, 2.05) is 12.1 Å². The highest BCUT2D eigenvalue weighted by Crippen LogP contribution is 2.39. The number of amides is 1. The van der Waals surface area contributed by atoms with Crippen LogP contribution in [0.1, 0.15) is 5.56 Å². The van der Waals surface area contributed by atoms with Crippen LogP contribution >= 0.6 is 11.3 Å². The summed E-state index contributed by atoms with van der Waals surface area (Å²) in [5, 5.41) is 8.00. The number of hydrogen-bond donors (Lipinski definition) is 2. The summed E-state index contributed by atoms with van der Waals surface area (Å²) in [4.78, 5) is 15.8. The number of nitrogens with two attached hydrogens (primary N) is 1. The first-order chi connectivity index (χ1) is 12.7. The Kier molecular flexibility index (Phi) is 4.14. The van der Waals surface area contributed by atoms with Gasteiger partial charge in [0, 0.05) is 40.5 Å². The summed E-state index contributed by atoms with van der Waals surface area (Å²) in [6.45, 7) is 0. The van der Waals surface area contributed by atoms with Crippen molar-refractivity contribution in [2.24, 2.45) is 0 Å². The van der Waals surface area contributed by atoms with E-state index in [9.17, 15) is 4.79 Å². The van der Waals surface area contributed by atoms with Crippen molar-refractivity contribution in [2.75, 3.05) is 12.8 Å². The van der Waals surface area contributed by atoms with E-state index in [1.165, 1.54) is 16.8 Å². The van der Waals surface area contributed by atoms with Crippen LogP contribution in [-0.2, 0) is 4.79 Å². The van der Waals surface area contributed by atoms with Crippen molar-refractivity contribution < 1.29 is 4.79 Å². The molecule has 2 heterocycles. The Morgan fingerprint density at radius 2 is 2.00 bits per heavy atom. The average molecular weight is 359 g/mol. The predicted octanol–water partition coefficient (Wildman–Crippen LogP) is 4.46. The molecular formula is C21H17N3OS. The number of nitrogens with zero attached hydrogens (tertiary/aromatic N) is 1. The van der Waals surface area contributed by atoms with Gasteiger partial charge in [-0.05, 0) is 33.9 Å². The number of aromatic nitrogens is 1. The van der Waals surface area contributed by atoms with Crippen molar-refractivity contribution >= 4 is 50.0 Å². The lowest BCUT2D eigenvalue weighted by atomic mass is 10.0. The molecule has 0 aliphatic heterocycles. The highest BCUT2D eigenvalue weighted by atomic mass is 32.1. The molecule has 5 heteroatoms. The maximum Gasteiger partial charge on any atom is 0.243 e. The predicted molar refractivity (Wildman–Crippen MR) is 110 cm³/mol. The van der Waals surface area contributed by atoms with Gasteiger partial charge >= 0.3 is 0 Å². The van der Waals surface area contributed by atoms with Crippen LogP contribution in [0.2, 0.25) is 0 Å². The largest absolute Gasteiger partial charge is 0.383 e. The molecular weight excluding hydrogens is 342 g/mol. The summed E-state index contributed by atoms with van der Waals surface area (Å²) in [5.74, 6) is 0.350. The lowest BCUT2D eigenvalue weighted by Crippen LogP contribution is -2.13. The Labute approximate surface area is 155 Å². The van der Waals surface area contributed by atoms with Crippen molar-refractivity contribution in [1.29, 1.82) is 0 Å². The van der Waals surface area contributed by atoms with Crippen LogP contribution in [0, 0.1) is 0 Å². The van der Waals surface area contributed by atoms with Crippen LogP contribution in [0.25, 0.3) is 38.1 Å². The molecule has 0 spiro atoms. The molecule has 0 aliphatic carbocycles. The zero-order chi connectivity index (χ0) is 18.1. The van der Waals surface area contributed by atoms with Gasteiger partial charge in [0.05, 0.1) is 0 Å². The number of carbonyl (C=O) groups excluding carboxylic acids is 1. The van der Waals surface area contributed by atoms with E-state index in [0.717, 1.165) is 26.8 Å². The molecule has 0 radical (unpaired) electrons. The van der Waals surface area contributed by atoms with Gasteiger partial charge in [-0.2, -0.15) is 0 Å². The van der Waals surface area contributed by atoms with Crippen LogP contribution in [-0.4, -0.2) is 17.9 Å². The Morgan fingerprint density at radius 1 is 1.19 bits per heavy atom.